The summed E-state index contributed by atoms with van der Waals surface area (Å²) in [5, 5.41) is 5.07. The van der Waals surface area contributed by atoms with Gasteiger partial charge in [0.2, 0.25) is 0 Å². The Kier molecular flexibility index (Phi) is 8.07. The first-order chi connectivity index (χ1) is 32.7. The molecule has 14 rings (SSSR count). The maximum absolute atomic E-state index is 5.29. The third-order valence-electron chi connectivity index (χ3n) is 14.0. The second-order valence-corrected chi connectivity index (χ2v) is 18.5. The zero-order chi connectivity index (χ0) is 43.3. The van der Waals surface area contributed by atoms with Crippen LogP contribution in [0.5, 0.6) is 0 Å². The molecule has 12 aromatic rings. The Morgan fingerprint density at radius 1 is 0.273 bits per heavy atom. The quantitative estimate of drug-likeness (QED) is 0.173. The molecule has 0 N–H and O–H groups in total. The Morgan fingerprint density at radius 3 is 1.41 bits per heavy atom. The molecule has 306 valence electrons. The SMILES string of the molecule is c1ccc2c(c1)-c1ccccc1C21c2ccccc2-c2cc(-c3nc(-c4ccc(-c5ccc6c(c5)sc5ccccc56)cc4)nc(-c4ccc(-c5cccc6ccccc56)cc4)n3)ccc21. The van der Waals surface area contributed by atoms with Gasteiger partial charge in [0.1, 0.15) is 0 Å². The van der Waals surface area contributed by atoms with Crippen LogP contribution in [0.3, 0.4) is 0 Å². The number of nitrogens with zero attached hydrogens (tertiary/aromatic N) is 3. The van der Waals surface area contributed by atoms with Crippen molar-refractivity contribution in [3.8, 4) is 78.7 Å². The molecule has 0 bridgehead atoms. The lowest BCUT2D eigenvalue weighted by Crippen LogP contribution is -2.25. The van der Waals surface area contributed by atoms with Crippen LogP contribution in [-0.4, -0.2) is 15.0 Å². The predicted octanol–water partition coefficient (Wildman–Crippen LogP) is 16.1. The highest BCUT2D eigenvalue weighted by Crippen LogP contribution is 2.63. The molecule has 0 amide bonds. The molecule has 3 nitrogen and oxygen atoms in total. The third kappa shape index (κ3) is 5.46. The van der Waals surface area contributed by atoms with Crippen molar-refractivity contribution >= 4 is 42.3 Å². The highest BCUT2D eigenvalue weighted by Gasteiger charge is 2.51. The number of hydrogen-bond donors (Lipinski definition) is 0. The molecule has 2 aromatic heterocycles. The molecule has 0 unspecified atom stereocenters. The lowest BCUT2D eigenvalue weighted by atomic mass is 9.70. The van der Waals surface area contributed by atoms with E-state index >= 15 is 0 Å². The average Bonchev–Trinajstić information content (AvgIpc) is 4.02. The van der Waals surface area contributed by atoms with Gasteiger partial charge in [0.25, 0.3) is 0 Å². The van der Waals surface area contributed by atoms with E-state index in [1.54, 1.807) is 0 Å². The fraction of sp³-hybridized carbons (Fsp3) is 0.0161. The minimum atomic E-state index is -0.415. The zero-order valence-corrected chi connectivity index (χ0v) is 36.4. The van der Waals surface area contributed by atoms with E-state index in [4.69, 9.17) is 15.0 Å². The molecule has 0 fully saturated rings. The number of hydrogen-bond acceptors (Lipinski definition) is 4. The second kappa shape index (κ2) is 14.3. The van der Waals surface area contributed by atoms with Crippen molar-refractivity contribution in [3.63, 3.8) is 0 Å². The molecule has 2 aliphatic carbocycles. The minimum absolute atomic E-state index is 0.415. The summed E-state index contributed by atoms with van der Waals surface area (Å²) in [6, 6.07) is 81.5. The van der Waals surface area contributed by atoms with Crippen molar-refractivity contribution in [1.29, 1.82) is 0 Å². The Bertz CT molecular complexity index is 3890. The molecular weight excluding hydrogens is 819 g/mol. The molecule has 2 aliphatic rings. The second-order valence-electron chi connectivity index (χ2n) is 17.4. The smallest absolute Gasteiger partial charge is 0.164 e. The first-order valence-corrected chi connectivity index (χ1v) is 23.3. The van der Waals surface area contributed by atoms with E-state index in [0.29, 0.717) is 17.5 Å². The molecule has 2 heterocycles. The van der Waals surface area contributed by atoms with E-state index in [1.165, 1.54) is 86.6 Å². The molecule has 66 heavy (non-hydrogen) atoms. The molecule has 0 aliphatic heterocycles. The summed E-state index contributed by atoms with van der Waals surface area (Å²) in [6.45, 7) is 0. The van der Waals surface area contributed by atoms with Crippen LogP contribution in [0.15, 0.2) is 224 Å². The highest BCUT2D eigenvalue weighted by molar-refractivity contribution is 7.25. The van der Waals surface area contributed by atoms with Crippen molar-refractivity contribution in [2.24, 2.45) is 0 Å². The van der Waals surface area contributed by atoms with Crippen molar-refractivity contribution in [2.45, 2.75) is 5.41 Å². The van der Waals surface area contributed by atoms with Gasteiger partial charge in [0.05, 0.1) is 5.41 Å². The largest absolute Gasteiger partial charge is 0.208 e. The van der Waals surface area contributed by atoms with E-state index in [9.17, 15) is 0 Å². The Balaban J connectivity index is 0.908. The number of aromatic nitrogens is 3. The highest BCUT2D eigenvalue weighted by atomic mass is 32.1. The molecule has 0 saturated heterocycles. The van der Waals surface area contributed by atoms with Gasteiger partial charge in [0.15, 0.2) is 17.5 Å². The lowest BCUT2D eigenvalue weighted by molar-refractivity contribution is 0.794. The van der Waals surface area contributed by atoms with Crippen molar-refractivity contribution in [1.82, 2.24) is 15.0 Å². The van der Waals surface area contributed by atoms with Gasteiger partial charge < -0.3 is 0 Å². The average molecular weight is 856 g/mol. The van der Waals surface area contributed by atoms with Crippen LogP contribution in [0.1, 0.15) is 22.3 Å². The van der Waals surface area contributed by atoms with Crippen LogP contribution < -0.4 is 0 Å². The minimum Gasteiger partial charge on any atom is -0.208 e. The number of rotatable bonds is 5. The fourth-order valence-corrected chi connectivity index (χ4v) is 12.1. The number of benzene rings is 10. The summed E-state index contributed by atoms with van der Waals surface area (Å²) < 4.78 is 2.60. The van der Waals surface area contributed by atoms with Gasteiger partial charge in [-0.2, -0.15) is 0 Å². The summed E-state index contributed by atoms with van der Waals surface area (Å²) in [6.07, 6.45) is 0. The lowest BCUT2D eigenvalue weighted by Gasteiger charge is -2.30. The first kappa shape index (κ1) is 37.1. The normalized spacial score (nSPS) is 13.0. The van der Waals surface area contributed by atoms with Crippen LogP contribution >= 0.6 is 11.3 Å². The molecule has 0 saturated carbocycles. The number of thiophene rings is 1. The maximum atomic E-state index is 5.29. The van der Waals surface area contributed by atoms with Crippen LogP contribution in [0.25, 0.3) is 110 Å². The number of fused-ring (bicyclic) bond motifs is 14. The summed E-state index contributed by atoms with van der Waals surface area (Å²) in [4.78, 5) is 15.8. The van der Waals surface area contributed by atoms with Gasteiger partial charge in [-0.05, 0) is 95.7 Å². The predicted molar refractivity (Wildman–Crippen MR) is 274 cm³/mol. The van der Waals surface area contributed by atoms with Gasteiger partial charge in [-0.1, -0.05) is 206 Å². The van der Waals surface area contributed by atoms with Crippen LogP contribution in [0.2, 0.25) is 0 Å². The maximum Gasteiger partial charge on any atom is 0.164 e. The van der Waals surface area contributed by atoms with Gasteiger partial charge in [-0.25, -0.2) is 15.0 Å². The van der Waals surface area contributed by atoms with Gasteiger partial charge in [-0.15, -0.1) is 11.3 Å². The molecule has 4 heteroatoms. The molecule has 0 radical (unpaired) electrons. The molecular formula is C62H37N3S. The van der Waals surface area contributed by atoms with E-state index in [2.05, 4.69) is 224 Å². The molecule has 10 aromatic carbocycles. The summed E-state index contributed by atoms with van der Waals surface area (Å²) in [5.41, 5.74) is 17.4. The monoisotopic (exact) mass is 855 g/mol. The third-order valence-corrected chi connectivity index (χ3v) is 15.1. The van der Waals surface area contributed by atoms with Crippen LogP contribution in [0, 0.1) is 0 Å². The zero-order valence-electron chi connectivity index (χ0n) is 35.6. The fourth-order valence-electron chi connectivity index (χ4n) is 11.0. The van der Waals surface area contributed by atoms with Crippen molar-refractivity contribution in [3.05, 3.63) is 247 Å². The molecule has 1 spiro atoms. The standard InChI is InChI=1S/C62H37N3S/c1-2-14-45-39(12-1)13-11-19-46(45)40-26-30-42(31-27-40)60-63-59(41-28-24-38(25-29-41)43-32-34-51-50-18-6-10-23-57(50)66-58(51)37-43)64-61(65-60)44-33-35-56-52(36-44)49-17-5-9-22-55(49)62(56)53-20-7-3-15-47(53)48-16-4-8-21-54(48)62/h1-37H. The van der Waals surface area contributed by atoms with Gasteiger partial charge in [-0.3, -0.25) is 0 Å². The van der Waals surface area contributed by atoms with Crippen molar-refractivity contribution < 1.29 is 0 Å². The summed E-state index contributed by atoms with van der Waals surface area (Å²) in [5.74, 6) is 1.91. The van der Waals surface area contributed by atoms with Crippen molar-refractivity contribution in [2.75, 3.05) is 0 Å². The van der Waals surface area contributed by atoms with E-state index < -0.39 is 5.41 Å². The van der Waals surface area contributed by atoms with Gasteiger partial charge in [0, 0.05) is 36.9 Å². The Morgan fingerprint density at radius 2 is 0.727 bits per heavy atom. The Labute approximate surface area is 386 Å². The van der Waals surface area contributed by atoms with E-state index in [0.717, 1.165) is 27.8 Å². The topological polar surface area (TPSA) is 38.7 Å². The summed E-state index contributed by atoms with van der Waals surface area (Å²) >= 11 is 1.85. The molecule has 0 atom stereocenters. The van der Waals surface area contributed by atoms with Crippen LogP contribution in [-0.2, 0) is 5.41 Å². The Hall–Kier alpha value is -8.31. The summed E-state index contributed by atoms with van der Waals surface area (Å²) in [7, 11) is 0. The van der Waals surface area contributed by atoms with Crippen LogP contribution in [0.4, 0.5) is 0 Å². The van der Waals surface area contributed by atoms with Gasteiger partial charge >= 0.3 is 0 Å². The first-order valence-electron chi connectivity index (χ1n) is 22.5. The van der Waals surface area contributed by atoms with E-state index in [-0.39, 0.29) is 0 Å². The van der Waals surface area contributed by atoms with E-state index in [1.807, 2.05) is 11.3 Å².